The van der Waals surface area contributed by atoms with Gasteiger partial charge in [0.25, 0.3) is 5.91 Å². The third-order valence-electron chi connectivity index (χ3n) is 4.26. The molecule has 0 aliphatic carbocycles. The van der Waals surface area contributed by atoms with Crippen molar-refractivity contribution in [2.75, 3.05) is 13.7 Å². The van der Waals surface area contributed by atoms with E-state index in [-0.39, 0.29) is 11.5 Å². The van der Waals surface area contributed by atoms with Gasteiger partial charge in [0.1, 0.15) is 28.9 Å². The van der Waals surface area contributed by atoms with Crippen LogP contribution in [-0.2, 0) is 13.2 Å². The van der Waals surface area contributed by atoms with E-state index in [0.29, 0.717) is 19.7 Å². The molecule has 1 aromatic heterocycles. The smallest absolute Gasteiger partial charge is 0.257 e. The highest BCUT2D eigenvalue weighted by Crippen LogP contribution is 2.20. The number of nitrogens with zero attached hydrogens (tertiary/aromatic N) is 2. The fraction of sp³-hybridized carbons (Fsp3) is 0.273. The van der Waals surface area contributed by atoms with E-state index in [0.717, 1.165) is 28.6 Å². The van der Waals surface area contributed by atoms with Crippen molar-refractivity contribution in [1.82, 2.24) is 9.88 Å². The summed E-state index contributed by atoms with van der Waals surface area (Å²) in [6.07, 6.45) is 0.776. The van der Waals surface area contributed by atoms with Gasteiger partial charge in [-0.2, -0.15) is 0 Å². The van der Waals surface area contributed by atoms with Crippen LogP contribution in [0.5, 0.6) is 11.5 Å². The Morgan fingerprint density at radius 3 is 2.55 bits per heavy atom. The predicted molar refractivity (Wildman–Crippen MR) is 111 cm³/mol. The standard InChI is InChI=1S/C22H23FN2O3S/c1-3-12-25(22(26)19-6-4-5-7-20(19)23)13-16-15-29-21(24-16)14-28-18-10-8-17(27-2)9-11-18/h4-11,15H,3,12-14H2,1-2H3. The van der Waals surface area contributed by atoms with Crippen molar-refractivity contribution in [2.45, 2.75) is 26.5 Å². The van der Waals surface area contributed by atoms with Gasteiger partial charge in [-0.25, -0.2) is 9.37 Å². The summed E-state index contributed by atoms with van der Waals surface area (Å²) in [6, 6.07) is 13.4. The van der Waals surface area contributed by atoms with Gasteiger partial charge in [-0.05, 0) is 42.8 Å². The summed E-state index contributed by atoms with van der Waals surface area (Å²) in [5.41, 5.74) is 0.848. The molecule has 0 aliphatic rings. The third kappa shape index (κ3) is 5.54. The lowest BCUT2D eigenvalue weighted by Crippen LogP contribution is -2.32. The Balaban J connectivity index is 1.63. The fourth-order valence-electron chi connectivity index (χ4n) is 2.83. The third-order valence-corrected chi connectivity index (χ3v) is 5.13. The normalized spacial score (nSPS) is 10.6. The van der Waals surface area contributed by atoms with Crippen LogP contribution in [0.3, 0.4) is 0 Å². The van der Waals surface area contributed by atoms with Crippen LogP contribution >= 0.6 is 11.3 Å². The van der Waals surface area contributed by atoms with Crippen molar-refractivity contribution in [3.63, 3.8) is 0 Å². The molecule has 0 fully saturated rings. The minimum Gasteiger partial charge on any atom is -0.497 e. The quantitative estimate of drug-likeness (QED) is 0.499. The molecular weight excluding hydrogens is 391 g/mol. The van der Waals surface area contributed by atoms with Gasteiger partial charge in [0.15, 0.2) is 0 Å². The second-order valence-electron chi connectivity index (χ2n) is 6.40. The molecule has 0 saturated heterocycles. The van der Waals surface area contributed by atoms with Gasteiger partial charge in [-0.15, -0.1) is 11.3 Å². The van der Waals surface area contributed by atoms with E-state index in [2.05, 4.69) is 4.98 Å². The zero-order valence-electron chi connectivity index (χ0n) is 16.4. The monoisotopic (exact) mass is 414 g/mol. The Morgan fingerprint density at radius 2 is 1.86 bits per heavy atom. The second-order valence-corrected chi connectivity index (χ2v) is 7.35. The lowest BCUT2D eigenvalue weighted by molar-refractivity contribution is 0.0736. The van der Waals surface area contributed by atoms with Crippen molar-refractivity contribution < 1.29 is 18.7 Å². The Bertz CT molecular complexity index is 943. The van der Waals surface area contributed by atoms with E-state index in [1.807, 2.05) is 36.6 Å². The zero-order chi connectivity index (χ0) is 20.6. The maximum absolute atomic E-state index is 14.0. The van der Waals surface area contributed by atoms with Crippen LogP contribution in [0, 0.1) is 5.82 Å². The molecule has 152 valence electrons. The van der Waals surface area contributed by atoms with E-state index in [1.54, 1.807) is 24.1 Å². The number of aromatic nitrogens is 1. The number of hydrogen-bond donors (Lipinski definition) is 0. The highest BCUT2D eigenvalue weighted by molar-refractivity contribution is 7.09. The largest absolute Gasteiger partial charge is 0.497 e. The zero-order valence-corrected chi connectivity index (χ0v) is 17.2. The average Bonchev–Trinajstić information content (AvgIpc) is 3.19. The number of halogens is 1. The van der Waals surface area contributed by atoms with Crippen LogP contribution in [0.4, 0.5) is 4.39 Å². The molecule has 0 unspecified atom stereocenters. The second kappa shape index (κ2) is 10.0. The Morgan fingerprint density at radius 1 is 1.14 bits per heavy atom. The summed E-state index contributed by atoms with van der Waals surface area (Å²) in [7, 11) is 1.62. The highest BCUT2D eigenvalue weighted by Gasteiger charge is 2.19. The van der Waals surface area contributed by atoms with E-state index < -0.39 is 5.82 Å². The molecule has 0 radical (unpaired) electrons. The summed E-state index contributed by atoms with van der Waals surface area (Å²) >= 11 is 1.47. The number of methoxy groups -OCH3 is 1. The molecule has 0 atom stereocenters. The number of benzene rings is 2. The average molecular weight is 415 g/mol. The molecule has 0 bridgehead atoms. The van der Waals surface area contributed by atoms with Crippen LogP contribution in [0.1, 0.15) is 34.4 Å². The first-order valence-electron chi connectivity index (χ1n) is 9.34. The maximum atomic E-state index is 14.0. The lowest BCUT2D eigenvalue weighted by atomic mass is 10.1. The van der Waals surface area contributed by atoms with Gasteiger partial charge >= 0.3 is 0 Å². The number of hydrogen-bond acceptors (Lipinski definition) is 5. The molecule has 0 spiro atoms. The number of ether oxygens (including phenoxy) is 2. The van der Waals surface area contributed by atoms with Crippen molar-refractivity contribution in [3.8, 4) is 11.5 Å². The fourth-order valence-corrected chi connectivity index (χ4v) is 3.52. The van der Waals surface area contributed by atoms with E-state index in [4.69, 9.17) is 9.47 Å². The summed E-state index contributed by atoms with van der Waals surface area (Å²) in [5.74, 6) is 0.661. The lowest BCUT2D eigenvalue weighted by Gasteiger charge is -2.21. The van der Waals surface area contributed by atoms with Crippen molar-refractivity contribution >= 4 is 17.2 Å². The molecule has 3 aromatic rings. The number of rotatable bonds is 9. The maximum Gasteiger partial charge on any atom is 0.257 e. The Kier molecular flexibility index (Phi) is 7.19. The minimum absolute atomic E-state index is 0.0826. The van der Waals surface area contributed by atoms with Crippen molar-refractivity contribution in [1.29, 1.82) is 0 Å². The molecule has 29 heavy (non-hydrogen) atoms. The van der Waals surface area contributed by atoms with Gasteiger partial charge in [-0.1, -0.05) is 19.1 Å². The number of carbonyl (C=O) groups is 1. The summed E-state index contributed by atoms with van der Waals surface area (Å²) in [4.78, 5) is 18.9. The first-order valence-corrected chi connectivity index (χ1v) is 10.2. The van der Waals surface area contributed by atoms with Gasteiger partial charge in [0.2, 0.25) is 0 Å². The predicted octanol–water partition coefficient (Wildman–Crippen LogP) is 4.92. The van der Waals surface area contributed by atoms with Crippen molar-refractivity contribution in [3.05, 3.63) is 76.0 Å². The minimum atomic E-state index is -0.509. The van der Waals surface area contributed by atoms with E-state index in [9.17, 15) is 9.18 Å². The van der Waals surface area contributed by atoms with E-state index in [1.165, 1.54) is 23.5 Å². The number of amides is 1. The summed E-state index contributed by atoms with van der Waals surface area (Å²) < 4.78 is 24.9. The summed E-state index contributed by atoms with van der Waals surface area (Å²) in [6.45, 7) is 3.19. The van der Waals surface area contributed by atoms with Crippen molar-refractivity contribution in [2.24, 2.45) is 0 Å². The summed E-state index contributed by atoms with van der Waals surface area (Å²) in [5, 5.41) is 2.72. The highest BCUT2D eigenvalue weighted by atomic mass is 32.1. The van der Waals surface area contributed by atoms with E-state index >= 15 is 0 Å². The molecule has 2 aromatic carbocycles. The van der Waals surface area contributed by atoms with Crippen LogP contribution in [0.25, 0.3) is 0 Å². The first kappa shape index (κ1) is 20.8. The van der Waals surface area contributed by atoms with Crippen LogP contribution in [0.2, 0.25) is 0 Å². The number of thiazole rings is 1. The molecule has 1 amide bonds. The molecule has 1 heterocycles. The Hall–Kier alpha value is -2.93. The molecule has 3 rings (SSSR count). The Labute approximate surface area is 173 Å². The van der Waals surface area contributed by atoms with Gasteiger partial charge < -0.3 is 14.4 Å². The van der Waals surface area contributed by atoms with Gasteiger partial charge in [0.05, 0.1) is 24.9 Å². The molecule has 0 saturated carbocycles. The van der Waals surface area contributed by atoms with Gasteiger partial charge in [-0.3, -0.25) is 4.79 Å². The van der Waals surface area contributed by atoms with Gasteiger partial charge in [0, 0.05) is 11.9 Å². The molecule has 7 heteroatoms. The van der Waals surface area contributed by atoms with Crippen LogP contribution in [0.15, 0.2) is 53.9 Å². The molecule has 0 aliphatic heterocycles. The van der Waals surface area contributed by atoms with Crippen LogP contribution in [-0.4, -0.2) is 29.4 Å². The topological polar surface area (TPSA) is 51.7 Å². The molecule has 0 N–H and O–H groups in total. The first-order chi connectivity index (χ1) is 14.1. The molecule has 5 nitrogen and oxygen atoms in total. The number of carbonyl (C=O) groups excluding carboxylic acids is 1. The SMILES string of the molecule is CCCN(Cc1csc(COc2ccc(OC)cc2)n1)C(=O)c1ccccc1F. The molecular formula is C22H23FN2O3S. The van der Waals surface area contributed by atoms with Crippen LogP contribution < -0.4 is 9.47 Å².